The molecule has 2 amide bonds. The maximum atomic E-state index is 12.6. The lowest BCUT2D eigenvalue weighted by atomic mass is 10.2. The number of benzene rings is 1. The van der Waals surface area contributed by atoms with E-state index in [1.807, 2.05) is 51.4 Å². The van der Waals surface area contributed by atoms with E-state index in [1.165, 1.54) is 0 Å². The highest BCUT2D eigenvalue weighted by Crippen LogP contribution is 2.32. The van der Waals surface area contributed by atoms with E-state index in [0.717, 1.165) is 32.2 Å². The second-order valence-corrected chi connectivity index (χ2v) is 7.72. The molecule has 0 radical (unpaired) electrons. The molecule has 3 aromatic rings. The van der Waals surface area contributed by atoms with Gasteiger partial charge in [0.1, 0.15) is 0 Å². The van der Waals surface area contributed by atoms with Gasteiger partial charge in [-0.05, 0) is 37.4 Å². The van der Waals surface area contributed by atoms with Crippen molar-refractivity contribution in [1.82, 2.24) is 14.9 Å². The Labute approximate surface area is 152 Å². The zero-order valence-electron chi connectivity index (χ0n) is 15.3. The Morgan fingerprint density at radius 3 is 2.72 bits per heavy atom. The summed E-state index contributed by atoms with van der Waals surface area (Å²) in [5.41, 5.74) is 2.80. The number of nitrogens with zero attached hydrogens (tertiary/aromatic N) is 2. The van der Waals surface area contributed by atoms with Gasteiger partial charge < -0.3 is 15.2 Å². The van der Waals surface area contributed by atoms with Gasteiger partial charge in [-0.2, -0.15) is 0 Å². The number of carbonyl (C=O) groups is 1. The summed E-state index contributed by atoms with van der Waals surface area (Å²) in [4.78, 5) is 23.3. The number of anilines is 1. The molecule has 0 aliphatic rings. The van der Waals surface area contributed by atoms with Crippen molar-refractivity contribution in [3.8, 4) is 0 Å². The highest BCUT2D eigenvalue weighted by Gasteiger charge is 2.22. The number of fused-ring (bicyclic) bond motifs is 1. The van der Waals surface area contributed by atoms with Crippen molar-refractivity contribution in [2.24, 2.45) is 0 Å². The number of rotatable bonds is 4. The van der Waals surface area contributed by atoms with E-state index in [1.54, 1.807) is 16.2 Å². The molecule has 5 nitrogen and oxygen atoms in total. The van der Waals surface area contributed by atoms with Gasteiger partial charge in [0.2, 0.25) is 0 Å². The van der Waals surface area contributed by atoms with Crippen molar-refractivity contribution in [1.29, 1.82) is 0 Å². The third-order valence-electron chi connectivity index (χ3n) is 4.43. The average molecular weight is 356 g/mol. The summed E-state index contributed by atoms with van der Waals surface area (Å²) in [5, 5.41) is 5.22. The highest BCUT2D eigenvalue weighted by atomic mass is 32.1. The Bertz CT molecular complexity index is 896. The number of H-pyrrole nitrogens is 1. The van der Waals surface area contributed by atoms with Crippen molar-refractivity contribution >= 4 is 34.0 Å². The number of thiazole rings is 1. The van der Waals surface area contributed by atoms with Crippen LogP contribution in [0.4, 0.5) is 10.5 Å². The summed E-state index contributed by atoms with van der Waals surface area (Å²) in [6.07, 6.45) is 1.89. The van der Waals surface area contributed by atoms with Gasteiger partial charge in [-0.25, -0.2) is 9.78 Å². The van der Waals surface area contributed by atoms with E-state index >= 15 is 0 Å². The minimum Gasteiger partial charge on any atom is -0.361 e. The molecular weight excluding hydrogens is 332 g/mol. The fourth-order valence-electron chi connectivity index (χ4n) is 2.75. The minimum absolute atomic E-state index is 0.0285. The molecule has 3 rings (SSSR count). The maximum Gasteiger partial charge on any atom is 0.322 e. The Morgan fingerprint density at radius 1 is 1.28 bits per heavy atom. The summed E-state index contributed by atoms with van der Waals surface area (Å²) in [6, 6.07) is 7.71. The predicted octanol–water partition coefficient (Wildman–Crippen LogP) is 5.28. The standard InChI is InChI=1S/C19H24N4OS/c1-11(2)18-21-12(3)17(25-18)13(4)23(5)19(24)22-15-7-6-14-8-9-20-16(14)10-15/h6-11,13,20H,1-5H3,(H,22,24). The van der Waals surface area contributed by atoms with Crippen molar-refractivity contribution < 1.29 is 4.79 Å². The molecule has 132 valence electrons. The normalized spacial score (nSPS) is 12.6. The zero-order chi connectivity index (χ0) is 18.1. The van der Waals surface area contributed by atoms with Crippen LogP contribution in [-0.2, 0) is 0 Å². The third-order valence-corrected chi connectivity index (χ3v) is 6.06. The van der Waals surface area contributed by atoms with Crippen molar-refractivity contribution in [3.05, 3.63) is 46.0 Å². The quantitative estimate of drug-likeness (QED) is 0.668. The third kappa shape index (κ3) is 3.54. The first-order valence-electron chi connectivity index (χ1n) is 8.45. The first kappa shape index (κ1) is 17.5. The molecule has 0 saturated heterocycles. The van der Waals surface area contributed by atoms with E-state index in [9.17, 15) is 4.79 Å². The molecule has 0 bridgehead atoms. The first-order valence-corrected chi connectivity index (χ1v) is 9.26. The highest BCUT2D eigenvalue weighted by molar-refractivity contribution is 7.11. The Balaban J connectivity index is 1.74. The van der Waals surface area contributed by atoms with Gasteiger partial charge in [-0.1, -0.05) is 19.9 Å². The molecule has 1 atom stereocenters. The number of aromatic amines is 1. The Morgan fingerprint density at radius 2 is 2.04 bits per heavy atom. The molecule has 0 aliphatic carbocycles. The first-order chi connectivity index (χ1) is 11.9. The topological polar surface area (TPSA) is 61.0 Å². The summed E-state index contributed by atoms with van der Waals surface area (Å²) in [7, 11) is 1.82. The van der Waals surface area contributed by atoms with Gasteiger partial charge in [0.15, 0.2) is 0 Å². The average Bonchev–Trinajstić information content (AvgIpc) is 3.19. The van der Waals surface area contributed by atoms with Crippen LogP contribution in [0.2, 0.25) is 0 Å². The second-order valence-electron chi connectivity index (χ2n) is 6.65. The Kier molecular flexibility index (Phi) is 4.81. The van der Waals surface area contributed by atoms with Gasteiger partial charge in [-0.3, -0.25) is 0 Å². The fourth-order valence-corrected chi connectivity index (χ4v) is 3.92. The molecule has 2 N–H and O–H groups in total. The Hall–Kier alpha value is -2.34. The van der Waals surface area contributed by atoms with Crippen LogP contribution in [0.3, 0.4) is 0 Å². The lowest BCUT2D eigenvalue weighted by molar-refractivity contribution is 0.209. The fraction of sp³-hybridized carbons (Fsp3) is 0.368. The summed E-state index contributed by atoms with van der Waals surface area (Å²) in [6.45, 7) is 8.33. The number of aryl methyl sites for hydroxylation is 1. The molecule has 1 unspecified atom stereocenters. The number of urea groups is 1. The maximum absolute atomic E-state index is 12.6. The molecule has 1 aromatic carbocycles. The van der Waals surface area contributed by atoms with Crippen LogP contribution in [0.5, 0.6) is 0 Å². The van der Waals surface area contributed by atoms with Gasteiger partial charge in [0, 0.05) is 35.2 Å². The number of carbonyl (C=O) groups excluding carboxylic acids is 1. The van der Waals surface area contributed by atoms with Crippen LogP contribution in [0, 0.1) is 6.92 Å². The molecular formula is C19H24N4OS. The summed E-state index contributed by atoms with van der Waals surface area (Å²) >= 11 is 1.69. The van der Waals surface area contributed by atoms with Gasteiger partial charge in [0.25, 0.3) is 0 Å². The molecule has 0 fully saturated rings. The van der Waals surface area contributed by atoms with E-state index < -0.39 is 0 Å². The molecule has 0 spiro atoms. The van der Waals surface area contributed by atoms with E-state index in [-0.39, 0.29) is 12.1 Å². The number of hydrogen-bond donors (Lipinski definition) is 2. The summed E-state index contributed by atoms with van der Waals surface area (Å²) < 4.78 is 0. The van der Waals surface area contributed by atoms with Crippen LogP contribution in [0.15, 0.2) is 30.5 Å². The SMILES string of the molecule is Cc1nc(C(C)C)sc1C(C)N(C)C(=O)Nc1ccc2cc[nH]c2c1. The smallest absolute Gasteiger partial charge is 0.322 e. The van der Waals surface area contributed by atoms with Crippen LogP contribution in [0.25, 0.3) is 10.9 Å². The van der Waals surface area contributed by atoms with E-state index in [0.29, 0.717) is 5.92 Å². The van der Waals surface area contributed by atoms with Crippen LogP contribution >= 0.6 is 11.3 Å². The minimum atomic E-state index is -0.127. The van der Waals surface area contributed by atoms with Crippen LogP contribution in [0.1, 0.15) is 48.3 Å². The van der Waals surface area contributed by atoms with Gasteiger partial charge >= 0.3 is 6.03 Å². The monoisotopic (exact) mass is 356 g/mol. The van der Waals surface area contributed by atoms with Crippen molar-refractivity contribution in [3.63, 3.8) is 0 Å². The van der Waals surface area contributed by atoms with Crippen LogP contribution in [-0.4, -0.2) is 27.9 Å². The lowest BCUT2D eigenvalue weighted by Gasteiger charge is -2.24. The van der Waals surface area contributed by atoms with E-state index in [4.69, 9.17) is 0 Å². The number of amides is 2. The zero-order valence-corrected chi connectivity index (χ0v) is 16.1. The van der Waals surface area contributed by atoms with Crippen molar-refractivity contribution in [2.75, 3.05) is 12.4 Å². The number of aromatic nitrogens is 2. The number of hydrogen-bond acceptors (Lipinski definition) is 3. The van der Waals surface area contributed by atoms with E-state index in [2.05, 4.69) is 29.1 Å². The predicted molar refractivity (Wildman–Crippen MR) is 104 cm³/mol. The molecule has 2 heterocycles. The van der Waals surface area contributed by atoms with Gasteiger partial charge in [-0.15, -0.1) is 11.3 Å². The number of nitrogens with one attached hydrogen (secondary N) is 2. The second kappa shape index (κ2) is 6.88. The van der Waals surface area contributed by atoms with Crippen LogP contribution < -0.4 is 5.32 Å². The van der Waals surface area contributed by atoms with Gasteiger partial charge in [0.05, 0.1) is 16.7 Å². The lowest BCUT2D eigenvalue weighted by Crippen LogP contribution is -2.33. The molecule has 0 aliphatic heterocycles. The summed E-state index contributed by atoms with van der Waals surface area (Å²) in [5.74, 6) is 0.399. The molecule has 6 heteroatoms. The molecule has 0 saturated carbocycles. The van der Waals surface area contributed by atoms with Crippen molar-refractivity contribution in [2.45, 2.75) is 39.7 Å². The molecule has 25 heavy (non-hydrogen) atoms. The molecule has 2 aromatic heterocycles. The largest absolute Gasteiger partial charge is 0.361 e.